The monoisotopic (exact) mass is 207 g/mol. The molecular formula is C7H11O5S. The molecule has 0 rings (SSSR count). The zero-order chi connectivity index (χ0) is 10.1. The highest BCUT2D eigenvalue weighted by atomic mass is 32.2. The maximum atomic E-state index is 10.9. The first-order valence-corrected chi connectivity index (χ1v) is 4.94. The van der Waals surface area contributed by atoms with Crippen LogP contribution in [0, 0.1) is 0 Å². The normalized spacial score (nSPS) is 11.8. The van der Waals surface area contributed by atoms with Crippen molar-refractivity contribution in [1.82, 2.24) is 0 Å². The largest absolute Gasteiger partial charge is 0.462 e. The molecule has 0 saturated carbocycles. The van der Waals surface area contributed by atoms with Gasteiger partial charge in [0.1, 0.15) is 6.61 Å². The van der Waals surface area contributed by atoms with E-state index in [-0.39, 0.29) is 6.61 Å². The van der Waals surface area contributed by atoms with E-state index in [2.05, 4.69) is 9.47 Å². The highest BCUT2D eigenvalue weighted by Gasteiger charge is 2.20. The van der Waals surface area contributed by atoms with Gasteiger partial charge in [-0.2, -0.15) is 11.8 Å². The fourth-order valence-electron chi connectivity index (χ4n) is 0.537. The lowest BCUT2D eigenvalue weighted by atomic mass is 10.4. The molecule has 6 heteroatoms. The van der Waals surface area contributed by atoms with Crippen molar-refractivity contribution in [1.29, 1.82) is 0 Å². The van der Waals surface area contributed by atoms with Crippen molar-refractivity contribution in [3.63, 3.8) is 0 Å². The Morgan fingerprint density at radius 1 is 1.69 bits per heavy atom. The van der Waals surface area contributed by atoms with Crippen LogP contribution in [0.2, 0.25) is 0 Å². The number of rotatable bonds is 7. The van der Waals surface area contributed by atoms with Gasteiger partial charge in [0.2, 0.25) is 6.10 Å². The molecule has 0 fully saturated rings. The van der Waals surface area contributed by atoms with Crippen molar-refractivity contribution in [3.05, 3.63) is 0 Å². The van der Waals surface area contributed by atoms with Crippen LogP contribution in [0.4, 0.5) is 0 Å². The molecule has 1 atom stereocenters. The molecule has 75 valence electrons. The molecule has 0 aliphatic carbocycles. The van der Waals surface area contributed by atoms with Gasteiger partial charge < -0.3 is 14.6 Å². The van der Waals surface area contributed by atoms with Gasteiger partial charge in [-0.25, -0.2) is 9.59 Å². The molecule has 0 aliphatic heterocycles. The maximum absolute atomic E-state index is 10.9. The van der Waals surface area contributed by atoms with Crippen LogP contribution < -0.4 is 0 Å². The summed E-state index contributed by atoms with van der Waals surface area (Å²) in [5, 5.41) is 8.57. The van der Waals surface area contributed by atoms with Crippen molar-refractivity contribution in [2.75, 3.05) is 25.2 Å². The number of aliphatic hydroxyl groups is 1. The van der Waals surface area contributed by atoms with Gasteiger partial charge in [0, 0.05) is 5.75 Å². The number of ether oxygens (including phenoxy) is 2. The van der Waals surface area contributed by atoms with Gasteiger partial charge in [-0.05, 0) is 6.26 Å². The third-order valence-electron chi connectivity index (χ3n) is 1.15. The fraction of sp³-hybridized carbons (Fsp3) is 0.714. The number of thioether (sulfide) groups is 1. The van der Waals surface area contributed by atoms with Crippen LogP contribution in [0.3, 0.4) is 0 Å². The Balaban J connectivity index is 3.70. The van der Waals surface area contributed by atoms with E-state index in [1.54, 1.807) is 0 Å². The molecule has 0 amide bonds. The summed E-state index contributed by atoms with van der Waals surface area (Å²) in [6.45, 7) is 0.719. The third kappa shape index (κ3) is 5.48. The summed E-state index contributed by atoms with van der Waals surface area (Å²) in [6, 6.07) is 0. The lowest BCUT2D eigenvalue weighted by Crippen LogP contribution is -2.30. The Hall–Kier alpha value is -0.750. The molecule has 5 nitrogen and oxygen atoms in total. The molecule has 1 unspecified atom stereocenters. The van der Waals surface area contributed by atoms with Gasteiger partial charge in [-0.1, -0.05) is 0 Å². The van der Waals surface area contributed by atoms with Gasteiger partial charge >= 0.3 is 12.4 Å². The van der Waals surface area contributed by atoms with Crippen LogP contribution in [0.5, 0.6) is 0 Å². The molecule has 0 aromatic rings. The van der Waals surface area contributed by atoms with E-state index in [4.69, 9.17) is 5.11 Å². The molecule has 0 aromatic heterocycles. The zero-order valence-corrected chi connectivity index (χ0v) is 8.00. The van der Waals surface area contributed by atoms with E-state index >= 15 is 0 Å². The lowest BCUT2D eigenvalue weighted by molar-refractivity contribution is -0.153. The topological polar surface area (TPSA) is 72.8 Å². The number of hydrogen-bond donors (Lipinski definition) is 1. The molecule has 0 heterocycles. The Kier molecular flexibility index (Phi) is 7.42. The molecule has 0 saturated heterocycles. The van der Waals surface area contributed by atoms with Gasteiger partial charge in [0.15, 0.2) is 0 Å². The summed E-state index contributed by atoms with van der Waals surface area (Å²) >= 11 is 1.52. The van der Waals surface area contributed by atoms with E-state index in [1.807, 2.05) is 6.26 Å². The molecule has 1 radical (unpaired) electrons. The first-order valence-electron chi connectivity index (χ1n) is 3.55. The summed E-state index contributed by atoms with van der Waals surface area (Å²) in [5.74, 6) is -0.0887. The van der Waals surface area contributed by atoms with E-state index in [9.17, 15) is 9.59 Å². The third-order valence-corrected chi connectivity index (χ3v) is 1.73. The SMILES string of the molecule is CSCCOC(=O)C(CO)O[C]=O. The van der Waals surface area contributed by atoms with E-state index in [0.29, 0.717) is 5.75 Å². The van der Waals surface area contributed by atoms with Crippen LogP contribution in [0.15, 0.2) is 0 Å². The summed E-state index contributed by atoms with van der Waals surface area (Å²) in [7, 11) is 0. The highest BCUT2D eigenvalue weighted by Crippen LogP contribution is 1.96. The van der Waals surface area contributed by atoms with Gasteiger partial charge in [0.05, 0.1) is 6.61 Å². The summed E-state index contributed by atoms with van der Waals surface area (Å²) in [4.78, 5) is 20.7. The summed E-state index contributed by atoms with van der Waals surface area (Å²) in [5.41, 5.74) is 0. The Morgan fingerprint density at radius 3 is 2.85 bits per heavy atom. The predicted molar refractivity (Wildman–Crippen MR) is 47.0 cm³/mol. The van der Waals surface area contributed by atoms with Crippen LogP contribution in [-0.2, 0) is 19.1 Å². The standard InChI is InChI=1S/C7H11O5S/c1-13-3-2-11-7(10)6(4-8)12-5-9/h6,8H,2-4H2,1H3. The average molecular weight is 207 g/mol. The second-order valence-corrected chi connectivity index (χ2v) is 3.02. The molecule has 13 heavy (non-hydrogen) atoms. The minimum atomic E-state index is -1.25. The minimum Gasteiger partial charge on any atom is -0.462 e. The first-order chi connectivity index (χ1) is 6.26. The first kappa shape index (κ1) is 12.2. The molecule has 0 aliphatic rings. The van der Waals surface area contributed by atoms with E-state index in [0.717, 1.165) is 6.47 Å². The van der Waals surface area contributed by atoms with Crippen molar-refractivity contribution in [2.45, 2.75) is 6.10 Å². The quantitative estimate of drug-likeness (QED) is 0.441. The smallest absolute Gasteiger partial charge is 0.418 e. The lowest BCUT2D eigenvalue weighted by Gasteiger charge is -2.10. The second-order valence-electron chi connectivity index (χ2n) is 2.03. The number of aliphatic hydroxyl groups excluding tert-OH is 1. The van der Waals surface area contributed by atoms with E-state index in [1.165, 1.54) is 11.8 Å². The van der Waals surface area contributed by atoms with Crippen molar-refractivity contribution in [2.24, 2.45) is 0 Å². The molecule has 1 N–H and O–H groups in total. The number of carbonyl (C=O) groups is 1. The van der Waals surface area contributed by atoms with Gasteiger partial charge in [0.25, 0.3) is 0 Å². The second kappa shape index (κ2) is 7.88. The molecular weight excluding hydrogens is 196 g/mol. The predicted octanol–water partition coefficient (Wildman–Crippen LogP) is -0.663. The summed E-state index contributed by atoms with van der Waals surface area (Å²) < 4.78 is 8.81. The van der Waals surface area contributed by atoms with Crippen molar-refractivity contribution < 1.29 is 24.2 Å². The molecule has 0 aromatic carbocycles. The van der Waals surface area contributed by atoms with Crippen LogP contribution >= 0.6 is 11.8 Å². The molecule has 0 bridgehead atoms. The average Bonchev–Trinajstić information content (AvgIpc) is 2.14. The van der Waals surface area contributed by atoms with Crippen molar-refractivity contribution in [3.8, 4) is 0 Å². The van der Waals surface area contributed by atoms with E-state index < -0.39 is 18.7 Å². The van der Waals surface area contributed by atoms with Crippen LogP contribution in [0.25, 0.3) is 0 Å². The fourth-order valence-corrected chi connectivity index (χ4v) is 0.787. The minimum absolute atomic E-state index is 0.235. The summed E-state index contributed by atoms with van der Waals surface area (Å²) in [6.07, 6.45) is 0.618. The number of esters is 1. The Morgan fingerprint density at radius 2 is 2.38 bits per heavy atom. The van der Waals surface area contributed by atoms with Crippen molar-refractivity contribution >= 4 is 24.2 Å². The highest BCUT2D eigenvalue weighted by molar-refractivity contribution is 7.98. The number of hydrogen-bond acceptors (Lipinski definition) is 6. The zero-order valence-electron chi connectivity index (χ0n) is 7.19. The number of carbonyl (C=O) groups excluding carboxylic acids is 2. The maximum Gasteiger partial charge on any atom is 0.418 e. The Bertz CT molecular complexity index is 161. The molecule has 0 spiro atoms. The van der Waals surface area contributed by atoms with Crippen LogP contribution in [0.1, 0.15) is 0 Å². The van der Waals surface area contributed by atoms with Gasteiger partial charge in [-0.15, -0.1) is 0 Å². The Labute approximate surface area is 80.4 Å². The van der Waals surface area contributed by atoms with Gasteiger partial charge in [-0.3, -0.25) is 0 Å². The van der Waals surface area contributed by atoms with Crippen LogP contribution in [-0.4, -0.2) is 48.9 Å².